The van der Waals surface area contributed by atoms with E-state index in [9.17, 15) is 14.0 Å². The highest BCUT2D eigenvalue weighted by Gasteiger charge is 2.29. The van der Waals surface area contributed by atoms with E-state index in [0.29, 0.717) is 43.7 Å². The quantitative estimate of drug-likeness (QED) is 0.860. The molecule has 1 atom stereocenters. The number of piperidine rings is 1. The lowest BCUT2D eigenvalue weighted by atomic mass is 9.90. The molecule has 1 aliphatic heterocycles. The van der Waals surface area contributed by atoms with Gasteiger partial charge in [0, 0.05) is 44.9 Å². The molecule has 3 rings (SSSR count). The number of carbonyl (C=O) groups excluding carboxylic acids is 1. The van der Waals surface area contributed by atoms with Crippen LogP contribution in [0.2, 0.25) is 0 Å². The van der Waals surface area contributed by atoms with Gasteiger partial charge in [-0.15, -0.1) is 0 Å². The van der Waals surface area contributed by atoms with Crippen molar-refractivity contribution in [3.63, 3.8) is 0 Å². The van der Waals surface area contributed by atoms with E-state index in [4.69, 9.17) is 0 Å². The summed E-state index contributed by atoms with van der Waals surface area (Å²) in [6.45, 7) is 0.959. The topological polar surface area (TPSA) is 55.2 Å². The Morgan fingerprint density at radius 2 is 2.08 bits per heavy atom. The third-order valence-corrected chi connectivity index (χ3v) is 4.54. The van der Waals surface area contributed by atoms with Gasteiger partial charge in [-0.05, 0) is 24.5 Å². The van der Waals surface area contributed by atoms with Crippen LogP contribution >= 0.6 is 0 Å². The van der Waals surface area contributed by atoms with E-state index in [1.54, 1.807) is 37.6 Å². The third-order valence-electron chi connectivity index (χ3n) is 4.54. The normalized spacial score (nSPS) is 18.0. The smallest absolute Gasteiger partial charge is 0.293 e. The summed E-state index contributed by atoms with van der Waals surface area (Å²) in [5, 5.41) is 0. The fourth-order valence-corrected chi connectivity index (χ4v) is 3.09. The molecule has 2 heterocycles. The number of hydrogen-bond donors (Lipinski definition) is 0. The van der Waals surface area contributed by atoms with E-state index >= 15 is 0 Å². The maximum Gasteiger partial charge on any atom is 0.293 e. The second-order valence-electron chi connectivity index (χ2n) is 6.16. The lowest BCUT2D eigenvalue weighted by Crippen LogP contribution is -2.44. The SMILES string of the molecule is Cn1ccnc(N2CCC(=O)C(CCc3ccccc3F)C2)c1=O. The van der Waals surface area contributed by atoms with E-state index < -0.39 is 0 Å². The third kappa shape index (κ3) is 3.37. The van der Waals surface area contributed by atoms with E-state index in [-0.39, 0.29) is 23.1 Å². The highest BCUT2D eigenvalue weighted by molar-refractivity contribution is 5.83. The molecule has 0 saturated carbocycles. The number of Topliss-reactive ketones (excluding diaryl/α,β-unsaturated/α-hetero) is 1. The van der Waals surface area contributed by atoms with Gasteiger partial charge in [0.05, 0.1) is 0 Å². The van der Waals surface area contributed by atoms with Crippen molar-refractivity contribution in [1.29, 1.82) is 0 Å². The summed E-state index contributed by atoms with van der Waals surface area (Å²) in [6.07, 6.45) is 4.67. The molecule has 1 aliphatic rings. The Balaban J connectivity index is 1.72. The summed E-state index contributed by atoms with van der Waals surface area (Å²) >= 11 is 0. The molecule has 1 aromatic heterocycles. The number of hydrogen-bond acceptors (Lipinski definition) is 4. The largest absolute Gasteiger partial charge is 0.351 e. The van der Waals surface area contributed by atoms with Crippen molar-refractivity contribution in [2.75, 3.05) is 18.0 Å². The van der Waals surface area contributed by atoms with Gasteiger partial charge in [0.2, 0.25) is 0 Å². The van der Waals surface area contributed by atoms with Gasteiger partial charge < -0.3 is 9.47 Å². The van der Waals surface area contributed by atoms with Crippen molar-refractivity contribution < 1.29 is 9.18 Å². The number of anilines is 1. The van der Waals surface area contributed by atoms with Crippen molar-refractivity contribution >= 4 is 11.6 Å². The van der Waals surface area contributed by atoms with E-state index in [1.165, 1.54) is 10.6 Å². The Morgan fingerprint density at radius 3 is 2.88 bits per heavy atom. The summed E-state index contributed by atoms with van der Waals surface area (Å²) in [6, 6.07) is 6.63. The van der Waals surface area contributed by atoms with Crippen molar-refractivity contribution in [2.45, 2.75) is 19.3 Å². The summed E-state index contributed by atoms with van der Waals surface area (Å²) in [7, 11) is 1.68. The lowest BCUT2D eigenvalue weighted by Gasteiger charge is -2.32. The lowest BCUT2D eigenvalue weighted by molar-refractivity contribution is -0.123. The number of benzene rings is 1. The average Bonchev–Trinajstić information content (AvgIpc) is 2.58. The van der Waals surface area contributed by atoms with Crippen molar-refractivity contribution in [2.24, 2.45) is 13.0 Å². The molecule has 24 heavy (non-hydrogen) atoms. The summed E-state index contributed by atoms with van der Waals surface area (Å²) < 4.78 is 15.2. The van der Waals surface area contributed by atoms with Gasteiger partial charge in [0.15, 0.2) is 5.82 Å². The minimum Gasteiger partial charge on any atom is -0.351 e. The fourth-order valence-electron chi connectivity index (χ4n) is 3.09. The van der Waals surface area contributed by atoms with Crippen LogP contribution in [0.5, 0.6) is 0 Å². The number of aromatic nitrogens is 2. The predicted octanol–water partition coefficient (Wildman–Crippen LogP) is 1.95. The van der Waals surface area contributed by atoms with Crippen molar-refractivity contribution in [3.05, 3.63) is 58.4 Å². The molecule has 0 amide bonds. The molecule has 1 unspecified atom stereocenters. The van der Waals surface area contributed by atoms with Crippen LogP contribution in [-0.2, 0) is 18.3 Å². The van der Waals surface area contributed by atoms with Gasteiger partial charge in [-0.1, -0.05) is 18.2 Å². The molecule has 5 nitrogen and oxygen atoms in total. The van der Waals surface area contributed by atoms with E-state index in [0.717, 1.165) is 0 Å². The molecule has 0 spiro atoms. The van der Waals surface area contributed by atoms with Crippen LogP contribution < -0.4 is 10.5 Å². The molecule has 0 aliphatic carbocycles. The molecule has 6 heteroatoms. The number of carbonyl (C=O) groups is 1. The van der Waals surface area contributed by atoms with Gasteiger partial charge in [0.25, 0.3) is 5.56 Å². The van der Waals surface area contributed by atoms with E-state index in [1.807, 2.05) is 4.90 Å². The van der Waals surface area contributed by atoms with Crippen LogP contribution in [0.3, 0.4) is 0 Å². The molecular weight excluding hydrogens is 309 g/mol. The Bertz CT molecular complexity index is 803. The second kappa shape index (κ2) is 6.95. The molecule has 1 aromatic carbocycles. The Hall–Kier alpha value is -2.50. The second-order valence-corrected chi connectivity index (χ2v) is 6.16. The van der Waals surface area contributed by atoms with Crippen LogP contribution in [0.4, 0.5) is 10.2 Å². The first-order chi connectivity index (χ1) is 11.6. The first-order valence-electron chi connectivity index (χ1n) is 8.09. The maximum absolute atomic E-state index is 13.7. The zero-order valence-electron chi connectivity index (χ0n) is 13.6. The Labute approximate surface area is 139 Å². The molecule has 1 saturated heterocycles. The fraction of sp³-hybridized carbons (Fsp3) is 0.389. The summed E-state index contributed by atoms with van der Waals surface area (Å²) in [5.41, 5.74) is 0.455. The number of aryl methyl sites for hydroxylation is 2. The average molecular weight is 329 g/mol. The molecule has 0 radical (unpaired) electrons. The molecular formula is C18H20FN3O2. The number of rotatable bonds is 4. The monoisotopic (exact) mass is 329 g/mol. The van der Waals surface area contributed by atoms with Crippen molar-refractivity contribution in [1.82, 2.24) is 9.55 Å². The minimum atomic E-state index is -0.240. The van der Waals surface area contributed by atoms with Crippen LogP contribution in [0.25, 0.3) is 0 Å². The zero-order valence-corrected chi connectivity index (χ0v) is 13.6. The Kier molecular flexibility index (Phi) is 4.74. The van der Waals surface area contributed by atoms with Crippen molar-refractivity contribution in [3.8, 4) is 0 Å². The Morgan fingerprint density at radius 1 is 1.29 bits per heavy atom. The summed E-state index contributed by atoms with van der Waals surface area (Å²) in [5.74, 6) is 0.111. The van der Waals surface area contributed by atoms with Gasteiger partial charge >= 0.3 is 0 Å². The van der Waals surface area contributed by atoms with Crippen LogP contribution in [-0.4, -0.2) is 28.4 Å². The molecule has 2 aromatic rings. The summed E-state index contributed by atoms with van der Waals surface area (Å²) in [4.78, 5) is 30.5. The first-order valence-corrected chi connectivity index (χ1v) is 8.09. The molecule has 0 bridgehead atoms. The number of nitrogens with zero attached hydrogens (tertiary/aromatic N) is 3. The molecule has 0 N–H and O–H groups in total. The highest BCUT2D eigenvalue weighted by Crippen LogP contribution is 2.22. The van der Waals surface area contributed by atoms with E-state index in [2.05, 4.69) is 4.98 Å². The van der Waals surface area contributed by atoms with Gasteiger partial charge in [-0.2, -0.15) is 0 Å². The van der Waals surface area contributed by atoms with Gasteiger partial charge in [-0.3, -0.25) is 9.59 Å². The zero-order chi connectivity index (χ0) is 17.1. The van der Waals surface area contributed by atoms with Crippen LogP contribution in [0, 0.1) is 11.7 Å². The number of halogens is 1. The molecule has 1 fully saturated rings. The highest BCUT2D eigenvalue weighted by atomic mass is 19.1. The standard InChI is InChI=1S/C18H20FN3O2/c1-21-11-9-20-17(18(21)24)22-10-8-16(23)14(12-22)7-6-13-4-2-3-5-15(13)19/h2-5,9,11,14H,6-8,10,12H2,1H3. The van der Waals surface area contributed by atoms with Gasteiger partial charge in [-0.25, -0.2) is 9.37 Å². The first kappa shape index (κ1) is 16.4. The van der Waals surface area contributed by atoms with Crippen LogP contribution in [0.15, 0.2) is 41.5 Å². The minimum absolute atomic E-state index is 0.167. The molecule has 126 valence electrons. The predicted molar refractivity (Wildman–Crippen MR) is 89.5 cm³/mol. The van der Waals surface area contributed by atoms with Gasteiger partial charge in [0.1, 0.15) is 11.6 Å². The number of ketones is 1. The van der Waals surface area contributed by atoms with Crippen LogP contribution in [0.1, 0.15) is 18.4 Å². The maximum atomic E-state index is 13.7.